The third-order valence-corrected chi connectivity index (χ3v) is 12.1. The van der Waals surface area contributed by atoms with Crippen molar-refractivity contribution in [1.82, 2.24) is 0 Å². The SMILES string of the molecule is C[C@H](CO)[C@H]1CC[C@H]2[C@@H]3CC=C4CC(OC5CCCCO5)CC(OC5CCCCO5)[C@]4(C)[C@H]3CC[C@]12C. The second-order valence-corrected chi connectivity index (χ2v) is 13.9. The van der Waals surface area contributed by atoms with Gasteiger partial charge in [0, 0.05) is 31.7 Å². The van der Waals surface area contributed by atoms with Gasteiger partial charge in [-0.2, -0.15) is 0 Å². The Hall–Kier alpha value is -0.460. The normalized spacial score (nSPS) is 48.9. The van der Waals surface area contributed by atoms with Gasteiger partial charge in [-0.1, -0.05) is 32.4 Å². The molecule has 2 aliphatic heterocycles. The van der Waals surface area contributed by atoms with Crippen LogP contribution in [0.5, 0.6) is 0 Å². The Bertz CT molecular complexity index is 816. The first-order valence-corrected chi connectivity index (χ1v) is 15.8. The fraction of sp³-hybridized carbons (Fsp3) is 0.938. The van der Waals surface area contributed by atoms with Crippen LogP contribution >= 0.6 is 0 Å². The maximum Gasteiger partial charge on any atom is 0.157 e. The van der Waals surface area contributed by atoms with Crippen molar-refractivity contribution in [2.45, 2.75) is 129 Å². The van der Waals surface area contributed by atoms with E-state index in [1.54, 1.807) is 5.57 Å². The van der Waals surface area contributed by atoms with Crippen molar-refractivity contribution in [1.29, 1.82) is 0 Å². The molecule has 210 valence electrons. The summed E-state index contributed by atoms with van der Waals surface area (Å²) in [4.78, 5) is 0. The molecule has 0 spiro atoms. The summed E-state index contributed by atoms with van der Waals surface area (Å²) in [5.74, 6) is 3.21. The summed E-state index contributed by atoms with van der Waals surface area (Å²) in [6.45, 7) is 9.36. The van der Waals surface area contributed by atoms with Crippen molar-refractivity contribution in [2.24, 2.45) is 40.4 Å². The molecular weight excluding hydrogens is 464 g/mol. The fourth-order valence-corrected chi connectivity index (χ4v) is 10.1. The number of rotatable bonds is 6. The highest BCUT2D eigenvalue weighted by Crippen LogP contribution is 2.67. The zero-order valence-corrected chi connectivity index (χ0v) is 23.7. The van der Waals surface area contributed by atoms with Crippen molar-refractivity contribution < 1.29 is 24.1 Å². The molecule has 37 heavy (non-hydrogen) atoms. The standard InChI is InChI=1S/C32H52O5/c1-21(20-33)25-12-13-26-24-11-10-22-18-23(36-29-8-4-6-16-34-29)19-28(37-30-9-5-7-17-35-30)32(22,3)27(24)14-15-31(25,26)2/h10,21,23-30,33H,4-9,11-20H2,1-3H3/t21-,23?,24+,25-,26+,27+,28?,29?,30?,31-,32+/m1/s1. The van der Waals surface area contributed by atoms with Crippen LogP contribution in [-0.2, 0) is 18.9 Å². The van der Waals surface area contributed by atoms with Crippen LogP contribution in [0.4, 0.5) is 0 Å². The highest BCUT2D eigenvalue weighted by Gasteiger charge is 2.61. The summed E-state index contributed by atoms with van der Waals surface area (Å²) in [5, 5.41) is 10.0. The van der Waals surface area contributed by atoms with E-state index in [4.69, 9.17) is 18.9 Å². The van der Waals surface area contributed by atoms with E-state index in [0.717, 1.165) is 63.6 Å². The van der Waals surface area contributed by atoms with E-state index >= 15 is 0 Å². The Labute approximate surface area is 225 Å². The van der Waals surface area contributed by atoms with Gasteiger partial charge in [0.05, 0.1) is 12.2 Å². The summed E-state index contributed by atoms with van der Waals surface area (Å²) in [5.41, 5.74) is 2.01. The molecule has 5 heteroatoms. The minimum absolute atomic E-state index is 0.0500. The lowest BCUT2D eigenvalue weighted by Gasteiger charge is -2.60. The van der Waals surface area contributed by atoms with Gasteiger partial charge in [-0.15, -0.1) is 0 Å². The predicted molar refractivity (Wildman–Crippen MR) is 144 cm³/mol. The van der Waals surface area contributed by atoms with Crippen LogP contribution in [0.15, 0.2) is 11.6 Å². The lowest BCUT2D eigenvalue weighted by atomic mass is 9.46. The maximum absolute atomic E-state index is 10.0. The first-order chi connectivity index (χ1) is 17.9. The molecule has 4 aliphatic carbocycles. The van der Waals surface area contributed by atoms with Crippen LogP contribution in [0.2, 0.25) is 0 Å². The first-order valence-electron chi connectivity index (χ1n) is 15.8. The zero-order valence-electron chi connectivity index (χ0n) is 23.7. The highest BCUT2D eigenvalue weighted by atomic mass is 16.7. The average Bonchev–Trinajstić information content (AvgIpc) is 3.27. The molecule has 6 rings (SSSR count). The van der Waals surface area contributed by atoms with Gasteiger partial charge in [0.15, 0.2) is 12.6 Å². The third-order valence-electron chi connectivity index (χ3n) is 12.1. The Morgan fingerprint density at radius 2 is 1.68 bits per heavy atom. The molecule has 2 heterocycles. The van der Waals surface area contributed by atoms with E-state index in [2.05, 4.69) is 26.8 Å². The molecule has 5 fully saturated rings. The zero-order chi connectivity index (χ0) is 25.6. The van der Waals surface area contributed by atoms with Crippen LogP contribution in [-0.4, -0.2) is 49.7 Å². The monoisotopic (exact) mass is 516 g/mol. The second kappa shape index (κ2) is 10.8. The minimum atomic E-state index is -0.0722. The Morgan fingerprint density at radius 3 is 2.35 bits per heavy atom. The number of ether oxygens (including phenoxy) is 4. The van der Waals surface area contributed by atoms with Gasteiger partial charge in [0.2, 0.25) is 0 Å². The summed E-state index contributed by atoms with van der Waals surface area (Å²) in [6.07, 6.45) is 17.9. The van der Waals surface area contributed by atoms with Crippen molar-refractivity contribution >= 4 is 0 Å². The van der Waals surface area contributed by atoms with Gasteiger partial charge >= 0.3 is 0 Å². The quantitative estimate of drug-likeness (QED) is 0.402. The lowest BCUT2D eigenvalue weighted by molar-refractivity contribution is -0.248. The van der Waals surface area contributed by atoms with Gasteiger partial charge in [0.25, 0.3) is 0 Å². The number of aliphatic hydroxyl groups excluding tert-OH is 1. The number of fused-ring (bicyclic) bond motifs is 5. The molecule has 0 aromatic rings. The maximum atomic E-state index is 10.0. The van der Waals surface area contributed by atoms with Crippen molar-refractivity contribution in [3.8, 4) is 0 Å². The van der Waals surface area contributed by atoms with Crippen molar-refractivity contribution in [3.63, 3.8) is 0 Å². The second-order valence-electron chi connectivity index (χ2n) is 13.9. The van der Waals surface area contributed by atoms with E-state index in [1.807, 2.05) is 0 Å². The molecule has 1 N–H and O–H groups in total. The van der Waals surface area contributed by atoms with E-state index in [-0.39, 0.29) is 30.2 Å². The van der Waals surface area contributed by atoms with Crippen LogP contribution in [0, 0.1) is 40.4 Å². The molecular formula is C32H52O5. The van der Waals surface area contributed by atoms with Crippen LogP contribution in [0.3, 0.4) is 0 Å². The van der Waals surface area contributed by atoms with Gasteiger partial charge in [-0.3, -0.25) is 0 Å². The summed E-state index contributed by atoms with van der Waals surface area (Å²) in [6, 6.07) is 0. The number of hydrogen-bond acceptors (Lipinski definition) is 5. The van der Waals surface area contributed by atoms with Crippen LogP contribution in [0.1, 0.15) is 104 Å². The van der Waals surface area contributed by atoms with Gasteiger partial charge in [-0.25, -0.2) is 0 Å². The van der Waals surface area contributed by atoms with Crippen LogP contribution in [0.25, 0.3) is 0 Å². The van der Waals surface area contributed by atoms with Crippen LogP contribution < -0.4 is 0 Å². The van der Waals surface area contributed by atoms with Crippen molar-refractivity contribution in [3.05, 3.63) is 11.6 Å². The lowest BCUT2D eigenvalue weighted by Crippen LogP contribution is -2.57. The Morgan fingerprint density at radius 1 is 0.946 bits per heavy atom. The third kappa shape index (κ3) is 4.77. The van der Waals surface area contributed by atoms with Gasteiger partial charge in [-0.05, 0) is 112 Å². The molecule has 11 atom stereocenters. The van der Waals surface area contributed by atoms with Crippen molar-refractivity contribution in [2.75, 3.05) is 19.8 Å². The summed E-state index contributed by atoms with van der Waals surface area (Å²) in [7, 11) is 0. The molecule has 0 bridgehead atoms. The van der Waals surface area contributed by atoms with Gasteiger partial charge in [0.1, 0.15) is 0 Å². The fourth-order valence-electron chi connectivity index (χ4n) is 10.1. The molecule has 4 unspecified atom stereocenters. The average molecular weight is 517 g/mol. The molecule has 0 amide bonds. The van der Waals surface area contributed by atoms with E-state index in [0.29, 0.717) is 29.8 Å². The minimum Gasteiger partial charge on any atom is -0.396 e. The molecule has 0 radical (unpaired) electrons. The van der Waals surface area contributed by atoms with E-state index in [1.165, 1.54) is 44.9 Å². The Kier molecular flexibility index (Phi) is 7.84. The largest absolute Gasteiger partial charge is 0.396 e. The van der Waals surface area contributed by atoms with E-state index in [9.17, 15) is 5.11 Å². The molecule has 0 aromatic carbocycles. The number of hydrogen-bond donors (Lipinski definition) is 1. The summed E-state index contributed by atoms with van der Waals surface area (Å²) >= 11 is 0. The number of aliphatic hydroxyl groups is 1. The molecule has 6 aliphatic rings. The molecule has 5 nitrogen and oxygen atoms in total. The topological polar surface area (TPSA) is 57.2 Å². The molecule has 2 saturated heterocycles. The predicted octanol–water partition coefficient (Wildman–Crippen LogP) is 6.63. The van der Waals surface area contributed by atoms with E-state index < -0.39 is 0 Å². The number of allylic oxidation sites excluding steroid dienone is 1. The molecule has 0 aromatic heterocycles. The first kappa shape index (κ1) is 26.7. The Balaban J connectivity index is 1.26. The van der Waals surface area contributed by atoms with Gasteiger partial charge < -0.3 is 24.1 Å². The molecule has 3 saturated carbocycles. The summed E-state index contributed by atoms with van der Waals surface area (Å²) < 4.78 is 25.7. The highest BCUT2D eigenvalue weighted by molar-refractivity contribution is 5.28. The smallest absolute Gasteiger partial charge is 0.157 e.